The molecule has 0 bridgehead atoms. The van der Waals surface area contributed by atoms with E-state index in [-0.39, 0.29) is 6.54 Å². The quantitative estimate of drug-likeness (QED) is 0.830. The molecule has 0 aliphatic carbocycles. The molecule has 1 unspecified atom stereocenters. The third-order valence-electron chi connectivity index (χ3n) is 2.79. The normalized spacial score (nSPS) is 14.5. The molecule has 0 spiro atoms. The molecule has 0 aliphatic rings. The number of aromatic nitrogens is 1. The summed E-state index contributed by atoms with van der Waals surface area (Å²) in [5, 5.41) is 2.13. The highest BCUT2D eigenvalue weighted by atomic mass is 19.4. The van der Waals surface area contributed by atoms with Crippen LogP contribution in [0, 0.1) is 11.7 Å². The van der Waals surface area contributed by atoms with Crippen LogP contribution in [0.4, 0.5) is 30.7 Å². The Labute approximate surface area is 116 Å². The highest BCUT2D eigenvalue weighted by molar-refractivity contribution is 5.19. The van der Waals surface area contributed by atoms with Gasteiger partial charge >= 0.3 is 12.4 Å². The predicted molar refractivity (Wildman–Crippen MR) is 60.8 cm³/mol. The Morgan fingerprint density at radius 3 is 2.14 bits per heavy atom. The Kier molecular flexibility index (Phi) is 5.54. The van der Waals surface area contributed by atoms with E-state index in [1.165, 1.54) is 0 Å². The zero-order chi connectivity index (χ0) is 16.3. The van der Waals surface area contributed by atoms with Crippen LogP contribution in [0.5, 0.6) is 0 Å². The second-order valence-electron chi connectivity index (χ2n) is 4.39. The molecule has 1 N–H and O–H groups in total. The molecule has 0 radical (unpaired) electrons. The number of nitrogens with one attached hydrogen (secondary N) is 1. The molecule has 1 aromatic heterocycles. The lowest BCUT2D eigenvalue weighted by molar-refractivity contribution is -0.293. The first-order valence-corrected chi connectivity index (χ1v) is 6.05. The maximum atomic E-state index is 13.6. The minimum atomic E-state index is -5.56. The smallest absolute Gasteiger partial charge is 0.309 e. The van der Waals surface area contributed by atoms with Gasteiger partial charge in [-0.2, -0.15) is 26.3 Å². The minimum Gasteiger partial charge on any atom is -0.309 e. The molecule has 21 heavy (non-hydrogen) atoms. The molecule has 0 amide bonds. The van der Waals surface area contributed by atoms with Crippen LogP contribution in [-0.4, -0.2) is 23.9 Å². The van der Waals surface area contributed by atoms with Gasteiger partial charge < -0.3 is 5.32 Å². The Bertz CT molecular complexity index is 442. The van der Waals surface area contributed by atoms with E-state index in [2.05, 4.69) is 10.3 Å². The largest absolute Gasteiger partial charge is 0.402 e. The summed E-state index contributed by atoms with van der Waals surface area (Å²) in [7, 11) is 0. The van der Waals surface area contributed by atoms with Crippen molar-refractivity contribution in [1.29, 1.82) is 0 Å². The summed E-state index contributed by atoms with van der Waals surface area (Å²) >= 11 is 0. The fourth-order valence-corrected chi connectivity index (χ4v) is 1.91. The van der Waals surface area contributed by atoms with Gasteiger partial charge in [0.15, 0.2) is 5.92 Å². The van der Waals surface area contributed by atoms with Gasteiger partial charge in [0.1, 0.15) is 5.82 Å². The van der Waals surface area contributed by atoms with Crippen molar-refractivity contribution in [2.45, 2.75) is 31.7 Å². The number of hydrogen-bond acceptors (Lipinski definition) is 2. The highest BCUT2D eigenvalue weighted by Gasteiger charge is 2.60. The maximum absolute atomic E-state index is 13.6. The Morgan fingerprint density at radius 2 is 1.71 bits per heavy atom. The summed E-state index contributed by atoms with van der Waals surface area (Å²) in [6.07, 6.45) is -9.28. The van der Waals surface area contributed by atoms with Crippen molar-refractivity contribution in [2.75, 3.05) is 6.54 Å². The highest BCUT2D eigenvalue weighted by Crippen LogP contribution is 2.46. The van der Waals surface area contributed by atoms with Crippen molar-refractivity contribution in [1.82, 2.24) is 10.3 Å². The predicted octanol–water partition coefficient (Wildman–Crippen LogP) is 4.00. The van der Waals surface area contributed by atoms with Gasteiger partial charge in [0.2, 0.25) is 0 Å². The molecule has 1 heterocycles. The molecule has 0 aromatic carbocycles. The standard InChI is InChI=1S/C12H13F7N2/c1-2-4-21-9(7-3-5-20-6-8(7)13)10(11(14,15)16)12(17,18)19/h3,5-6,9-10,21H,2,4H2,1H3. The van der Waals surface area contributed by atoms with Gasteiger partial charge in [0.25, 0.3) is 0 Å². The molecular weight excluding hydrogens is 305 g/mol. The maximum Gasteiger partial charge on any atom is 0.402 e. The van der Waals surface area contributed by atoms with Gasteiger partial charge in [-0.05, 0) is 19.0 Å². The molecule has 0 aliphatic heterocycles. The first-order valence-electron chi connectivity index (χ1n) is 6.05. The van der Waals surface area contributed by atoms with Gasteiger partial charge in [0, 0.05) is 11.8 Å². The van der Waals surface area contributed by atoms with E-state index >= 15 is 0 Å². The summed E-state index contributed by atoms with van der Waals surface area (Å²) in [6, 6.07) is -1.44. The molecule has 120 valence electrons. The van der Waals surface area contributed by atoms with Gasteiger partial charge in [0.05, 0.1) is 12.2 Å². The molecule has 1 atom stereocenters. The zero-order valence-corrected chi connectivity index (χ0v) is 10.9. The molecule has 0 fully saturated rings. The fourth-order valence-electron chi connectivity index (χ4n) is 1.91. The monoisotopic (exact) mass is 318 g/mol. The van der Waals surface area contributed by atoms with Gasteiger partial charge in [-0.25, -0.2) is 4.39 Å². The second-order valence-corrected chi connectivity index (χ2v) is 4.39. The second kappa shape index (κ2) is 6.59. The molecule has 0 saturated carbocycles. The SMILES string of the molecule is CCCNC(c1ccncc1F)C(C(F)(F)F)C(F)(F)F. The van der Waals surface area contributed by atoms with Crippen molar-refractivity contribution in [3.05, 3.63) is 29.8 Å². The summed E-state index contributed by atoms with van der Waals surface area (Å²) in [6.45, 7) is 1.46. The number of hydrogen-bond donors (Lipinski definition) is 1. The van der Waals surface area contributed by atoms with Crippen LogP contribution in [0.25, 0.3) is 0 Å². The Hall–Kier alpha value is -1.38. The summed E-state index contributed by atoms with van der Waals surface area (Å²) in [5.74, 6) is -4.92. The van der Waals surface area contributed by atoms with Crippen molar-refractivity contribution in [3.63, 3.8) is 0 Å². The Morgan fingerprint density at radius 1 is 1.14 bits per heavy atom. The third kappa shape index (κ3) is 4.55. The van der Waals surface area contributed by atoms with Gasteiger partial charge in [-0.3, -0.25) is 4.98 Å². The van der Waals surface area contributed by atoms with Crippen LogP contribution in [0.1, 0.15) is 24.9 Å². The fraction of sp³-hybridized carbons (Fsp3) is 0.583. The van der Waals surface area contributed by atoms with E-state index in [0.29, 0.717) is 12.6 Å². The van der Waals surface area contributed by atoms with E-state index in [0.717, 1.165) is 12.3 Å². The first kappa shape index (κ1) is 17.7. The van der Waals surface area contributed by atoms with Crippen molar-refractivity contribution >= 4 is 0 Å². The number of pyridine rings is 1. The molecule has 1 rings (SSSR count). The van der Waals surface area contributed by atoms with Gasteiger partial charge in [-0.1, -0.05) is 6.92 Å². The third-order valence-corrected chi connectivity index (χ3v) is 2.79. The van der Waals surface area contributed by atoms with Crippen molar-refractivity contribution in [2.24, 2.45) is 5.92 Å². The average molecular weight is 318 g/mol. The van der Waals surface area contributed by atoms with Crippen molar-refractivity contribution in [3.8, 4) is 0 Å². The summed E-state index contributed by atoms with van der Waals surface area (Å²) in [5.41, 5.74) is -0.710. The van der Waals surface area contributed by atoms with Crippen LogP contribution in [-0.2, 0) is 0 Å². The zero-order valence-electron chi connectivity index (χ0n) is 10.9. The van der Waals surface area contributed by atoms with E-state index in [1.807, 2.05) is 0 Å². The summed E-state index contributed by atoms with van der Waals surface area (Å²) < 4.78 is 90.4. The first-order chi connectivity index (χ1) is 9.59. The van der Waals surface area contributed by atoms with E-state index in [9.17, 15) is 30.7 Å². The molecule has 0 saturated heterocycles. The number of rotatable bonds is 5. The van der Waals surface area contributed by atoms with Crippen LogP contribution in [0.15, 0.2) is 18.5 Å². The lowest BCUT2D eigenvalue weighted by Gasteiger charge is -2.31. The lowest BCUT2D eigenvalue weighted by Crippen LogP contribution is -2.46. The van der Waals surface area contributed by atoms with E-state index < -0.39 is 35.7 Å². The number of alkyl halides is 6. The van der Waals surface area contributed by atoms with Crippen LogP contribution in [0.3, 0.4) is 0 Å². The van der Waals surface area contributed by atoms with E-state index in [4.69, 9.17) is 0 Å². The van der Waals surface area contributed by atoms with Gasteiger partial charge in [-0.15, -0.1) is 0 Å². The molecule has 2 nitrogen and oxygen atoms in total. The number of halogens is 7. The lowest BCUT2D eigenvalue weighted by atomic mass is 9.91. The Balaban J connectivity index is 3.31. The molecular formula is C12H13F7N2. The van der Waals surface area contributed by atoms with Crippen LogP contribution >= 0.6 is 0 Å². The van der Waals surface area contributed by atoms with Crippen molar-refractivity contribution < 1.29 is 30.7 Å². The topological polar surface area (TPSA) is 24.9 Å². The number of nitrogens with zero attached hydrogens (tertiary/aromatic N) is 1. The van der Waals surface area contributed by atoms with Crippen LogP contribution in [0.2, 0.25) is 0 Å². The van der Waals surface area contributed by atoms with E-state index in [1.54, 1.807) is 6.92 Å². The summed E-state index contributed by atoms with van der Waals surface area (Å²) in [4.78, 5) is 3.33. The molecule has 9 heteroatoms. The van der Waals surface area contributed by atoms with Crippen LogP contribution < -0.4 is 5.32 Å². The molecule has 1 aromatic rings. The minimum absolute atomic E-state index is 0.116. The average Bonchev–Trinajstić information content (AvgIpc) is 2.32.